The van der Waals surface area contributed by atoms with E-state index in [0.717, 1.165) is 23.7 Å². The molecule has 0 aliphatic heterocycles. The molecule has 0 radical (unpaired) electrons. The first-order valence-corrected chi connectivity index (χ1v) is 7.94. The Morgan fingerprint density at radius 2 is 2.11 bits per heavy atom. The minimum Gasteiger partial charge on any atom is -0.327 e. The van der Waals surface area contributed by atoms with E-state index in [4.69, 9.17) is 5.73 Å². The van der Waals surface area contributed by atoms with Gasteiger partial charge < -0.3 is 5.73 Å². The van der Waals surface area contributed by atoms with E-state index in [1.54, 1.807) is 0 Å². The summed E-state index contributed by atoms with van der Waals surface area (Å²) in [6, 6.07) is 13.0. The lowest BCUT2D eigenvalue weighted by Crippen LogP contribution is -2.22. The van der Waals surface area contributed by atoms with Gasteiger partial charge >= 0.3 is 0 Å². The summed E-state index contributed by atoms with van der Waals surface area (Å²) in [5.74, 6) is 0. The lowest BCUT2D eigenvalue weighted by Gasteiger charge is -2.11. The highest BCUT2D eigenvalue weighted by molar-refractivity contribution is 9.10. The van der Waals surface area contributed by atoms with Crippen molar-refractivity contribution in [2.75, 3.05) is 0 Å². The van der Waals surface area contributed by atoms with Gasteiger partial charge in [-0.3, -0.25) is 0 Å². The Balaban J connectivity index is 1.73. The quantitative estimate of drug-likeness (QED) is 0.837. The van der Waals surface area contributed by atoms with Gasteiger partial charge in [0, 0.05) is 15.4 Å². The molecule has 1 unspecified atom stereocenters. The standard InChI is InChI=1S/C15H18BrNS/c16-13-5-1-4-12(10-13)11-14(17)6-2-7-15-8-3-9-18-15/h1,3-5,8-10,14H,2,6-7,11,17H2. The molecule has 1 nitrogen and oxygen atoms in total. The van der Waals surface area contributed by atoms with Crippen molar-refractivity contribution in [2.24, 2.45) is 5.73 Å². The van der Waals surface area contributed by atoms with Crippen molar-refractivity contribution in [1.29, 1.82) is 0 Å². The molecule has 3 heteroatoms. The van der Waals surface area contributed by atoms with Crippen LogP contribution in [-0.4, -0.2) is 6.04 Å². The normalized spacial score (nSPS) is 12.6. The van der Waals surface area contributed by atoms with Crippen LogP contribution in [0.3, 0.4) is 0 Å². The maximum absolute atomic E-state index is 6.18. The fourth-order valence-corrected chi connectivity index (χ4v) is 3.26. The molecule has 96 valence electrons. The predicted molar refractivity (Wildman–Crippen MR) is 83.1 cm³/mol. The summed E-state index contributed by atoms with van der Waals surface area (Å²) in [6.45, 7) is 0. The second kappa shape index (κ2) is 7.07. The van der Waals surface area contributed by atoms with Crippen LogP contribution in [0.2, 0.25) is 0 Å². The minimum atomic E-state index is 0.263. The molecule has 0 bridgehead atoms. The Labute approximate surface area is 121 Å². The second-order valence-electron chi connectivity index (χ2n) is 4.57. The zero-order valence-corrected chi connectivity index (χ0v) is 12.7. The number of nitrogens with two attached hydrogens (primary N) is 1. The second-order valence-corrected chi connectivity index (χ2v) is 6.51. The van der Waals surface area contributed by atoms with E-state index in [1.165, 1.54) is 16.9 Å². The van der Waals surface area contributed by atoms with E-state index >= 15 is 0 Å². The molecule has 2 rings (SSSR count). The number of aryl methyl sites for hydroxylation is 1. The van der Waals surface area contributed by atoms with Crippen LogP contribution in [0, 0.1) is 0 Å². The molecular weight excluding hydrogens is 306 g/mol. The van der Waals surface area contributed by atoms with Gasteiger partial charge in [-0.05, 0) is 54.8 Å². The number of halogens is 1. The smallest absolute Gasteiger partial charge is 0.0178 e. The monoisotopic (exact) mass is 323 g/mol. The van der Waals surface area contributed by atoms with E-state index in [-0.39, 0.29) is 6.04 Å². The van der Waals surface area contributed by atoms with Crippen molar-refractivity contribution in [1.82, 2.24) is 0 Å². The van der Waals surface area contributed by atoms with Gasteiger partial charge in [-0.2, -0.15) is 0 Å². The largest absolute Gasteiger partial charge is 0.327 e. The molecule has 2 aromatic rings. The van der Waals surface area contributed by atoms with Crippen molar-refractivity contribution in [3.8, 4) is 0 Å². The van der Waals surface area contributed by atoms with Crippen molar-refractivity contribution in [3.05, 3.63) is 56.7 Å². The van der Waals surface area contributed by atoms with Gasteiger partial charge in [0.15, 0.2) is 0 Å². The first kappa shape index (κ1) is 13.8. The molecule has 2 N–H and O–H groups in total. The molecule has 18 heavy (non-hydrogen) atoms. The Morgan fingerprint density at radius 3 is 2.83 bits per heavy atom. The van der Waals surface area contributed by atoms with Gasteiger partial charge in [0.05, 0.1) is 0 Å². The predicted octanol–water partition coefficient (Wildman–Crippen LogP) is 4.40. The van der Waals surface area contributed by atoms with Crippen LogP contribution in [-0.2, 0) is 12.8 Å². The van der Waals surface area contributed by atoms with Gasteiger partial charge in [0.2, 0.25) is 0 Å². The van der Waals surface area contributed by atoms with Crippen LogP contribution in [0.15, 0.2) is 46.3 Å². The molecular formula is C15H18BrNS. The summed E-state index contributed by atoms with van der Waals surface area (Å²) in [4.78, 5) is 1.46. The fraction of sp³-hybridized carbons (Fsp3) is 0.333. The minimum absolute atomic E-state index is 0.263. The first-order chi connectivity index (χ1) is 8.74. The third-order valence-corrected chi connectivity index (χ3v) is 4.39. The Hall–Kier alpha value is -0.640. The van der Waals surface area contributed by atoms with Gasteiger partial charge in [0.25, 0.3) is 0 Å². The van der Waals surface area contributed by atoms with Crippen molar-refractivity contribution in [2.45, 2.75) is 31.7 Å². The SMILES string of the molecule is NC(CCCc1cccs1)Cc1cccc(Br)c1. The summed E-state index contributed by atoms with van der Waals surface area (Å²) >= 11 is 5.32. The molecule has 1 aromatic carbocycles. The van der Waals surface area contributed by atoms with E-state index < -0.39 is 0 Å². The lowest BCUT2D eigenvalue weighted by atomic mass is 10.0. The average Bonchev–Trinajstić information content (AvgIpc) is 2.82. The van der Waals surface area contributed by atoms with Crippen LogP contribution < -0.4 is 5.73 Å². The third-order valence-electron chi connectivity index (χ3n) is 2.97. The number of rotatable bonds is 6. The Morgan fingerprint density at radius 1 is 1.22 bits per heavy atom. The van der Waals surface area contributed by atoms with Gasteiger partial charge in [-0.15, -0.1) is 11.3 Å². The van der Waals surface area contributed by atoms with Gasteiger partial charge in [-0.25, -0.2) is 0 Å². The van der Waals surface area contributed by atoms with Gasteiger partial charge in [0.1, 0.15) is 0 Å². The molecule has 1 atom stereocenters. The van der Waals surface area contributed by atoms with E-state index in [2.05, 4.69) is 51.6 Å². The zero-order valence-electron chi connectivity index (χ0n) is 10.3. The van der Waals surface area contributed by atoms with Crippen LogP contribution in [0.1, 0.15) is 23.3 Å². The highest BCUT2D eigenvalue weighted by Gasteiger charge is 2.05. The Bertz CT molecular complexity index is 467. The maximum atomic E-state index is 6.18. The van der Waals surface area contributed by atoms with Crippen LogP contribution in [0.4, 0.5) is 0 Å². The van der Waals surface area contributed by atoms with E-state index in [1.807, 2.05) is 17.4 Å². The van der Waals surface area contributed by atoms with Crippen LogP contribution in [0.5, 0.6) is 0 Å². The molecule has 0 saturated heterocycles. The van der Waals surface area contributed by atoms with Crippen molar-refractivity contribution < 1.29 is 0 Å². The highest BCUT2D eigenvalue weighted by atomic mass is 79.9. The van der Waals surface area contributed by atoms with Crippen LogP contribution >= 0.6 is 27.3 Å². The fourth-order valence-electron chi connectivity index (χ4n) is 2.06. The molecule has 0 amide bonds. The number of benzene rings is 1. The molecule has 0 aliphatic carbocycles. The molecule has 0 saturated carbocycles. The number of hydrogen-bond donors (Lipinski definition) is 1. The van der Waals surface area contributed by atoms with E-state index in [0.29, 0.717) is 0 Å². The highest BCUT2D eigenvalue weighted by Crippen LogP contribution is 2.16. The molecule has 0 aliphatic rings. The summed E-state index contributed by atoms with van der Waals surface area (Å²) < 4.78 is 1.13. The van der Waals surface area contributed by atoms with Crippen molar-refractivity contribution in [3.63, 3.8) is 0 Å². The van der Waals surface area contributed by atoms with E-state index in [9.17, 15) is 0 Å². The zero-order chi connectivity index (χ0) is 12.8. The van der Waals surface area contributed by atoms with Crippen molar-refractivity contribution >= 4 is 27.3 Å². The molecule has 1 aromatic heterocycles. The Kier molecular flexibility index (Phi) is 5.42. The lowest BCUT2D eigenvalue weighted by molar-refractivity contribution is 0.581. The number of thiophene rings is 1. The summed E-state index contributed by atoms with van der Waals surface area (Å²) in [6.07, 6.45) is 4.38. The summed E-state index contributed by atoms with van der Waals surface area (Å²) in [7, 11) is 0. The maximum Gasteiger partial charge on any atom is 0.0178 e. The third kappa shape index (κ3) is 4.56. The van der Waals surface area contributed by atoms with Gasteiger partial charge in [-0.1, -0.05) is 34.1 Å². The summed E-state index contributed by atoms with van der Waals surface area (Å²) in [5, 5.41) is 2.14. The molecule has 1 heterocycles. The molecule has 0 fully saturated rings. The number of hydrogen-bond acceptors (Lipinski definition) is 2. The summed E-state index contributed by atoms with van der Waals surface area (Å²) in [5.41, 5.74) is 7.50. The first-order valence-electron chi connectivity index (χ1n) is 6.26. The average molecular weight is 324 g/mol. The van der Waals surface area contributed by atoms with Crippen LogP contribution in [0.25, 0.3) is 0 Å². The topological polar surface area (TPSA) is 26.0 Å². The molecule has 0 spiro atoms.